The summed E-state index contributed by atoms with van der Waals surface area (Å²) in [6.07, 6.45) is 0. The highest BCUT2D eigenvalue weighted by Crippen LogP contribution is 2.14. The number of nitrogens with two attached hydrogens (primary N) is 1. The molecule has 0 amide bonds. The Hall–Kier alpha value is -1.36. The van der Waals surface area contributed by atoms with Crippen molar-refractivity contribution in [3.8, 4) is 0 Å². The highest BCUT2D eigenvalue weighted by atomic mass is 16.4. The largest absolute Gasteiger partial charge is 0.476 e. The summed E-state index contributed by atoms with van der Waals surface area (Å²) in [6, 6.07) is -0.378. The summed E-state index contributed by atoms with van der Waals surface area (Å²) in [5, 5.41) is 8.60. The van der Waals surface area contributed by atoms with Crippen molar-refractivity contribution in [2.45, 2.75) is 19.9 Å². The molecule has 12 heavy (non-hydrogen) atoms. The zero-order valence-corrected chi connectivity index (χ0v) is 6.87. The SMILES string of the molecule is Cc1oc([C@H](C)N)nc1C(=O)O. The van der Waals surface area contributed by atoms with E-state index in [9.17, 15) is 4.79 Å². The minimum atomic E-state index is -1.09. The van der Waals surface area contributed by atoms with Crippen molar-refractivity contribution in [3.05, 3.63) is 17.3 Å². The maximum atomic E-state index is 10.5. The molecule has 0 aliphatic carbocycles. The first-order valence-corrected chi connectivity index (χ1v) is 3.48. The zero-order valence-electron chi connectivity index (χ0n) is 6.87. The van der Waals surface area contributed by atoms with Crippen LogP contribution in [0.3, 0.4) is 0 Å². The number of nitrogens with zero attached hydrogens (tertiary/aromatic N) is 1. The monoisotopic (exact) mass is 170 g/mol. The van der Waals surface area contributed by atoms with E-state index in [0.29, 0.717) is 0 Å². The van der Waals surface area contributed by atoms with Crippen molar-refractivity contribution < 1.29 is 14.3 Å². The molecule has 3 N–H and O–H groups in total. The molecule has 0 fully saturated rings. The van der Waals surface area contributed by atoms with Crippen molar-refractivity contribution in [3.63, 3.8) is 0 Å². The minimum absolute atomic E-state index is 0.0673. The van der Waals surface area contributed by atoms with Crippen LogP contribution in [0.25, 0.3) is 0 Å². The molecule has 66 valence electrons. The van der Waals surface area contributed by atoms with Crippen LogP contribution in [-0.4, -0.2) is 16.1 Å². The van der Waals surface area contributed by atoms with Crippen LogP contribution < -0.4 is 5.73 Å². The van der Waals surface area contributed by atoms with Gasteiger partial charge in [0.1, 0.15) is 5.76 Å². The second kappa shape index (κ2) is 2.94. The van der Waals surface area contributed by atoms with Crippen LogP contribution in [0.2, 0.25) is 0 Å². The van der Waals surface area contributed by atoms with Crippen LogP contribution in [-0.2, 0) is 0 Å². The van der Waals surface area contributed by atoms with E-state index in [2.05, 4.69) is 4.98 Å². The van der Waals surface area contributed by atoms with Gasteiger partial charge in [-0.1, -0.05) is 0 Å². The third-order valence-corrected chi connectivity index (χ3v) is 1.41. The van der Waals surface area contributed by atoms with Gasteiger partial charge in [0, 0.05) is 0 Å². The molecule has 1 atom stereocenters. The Labute approximate surface area is 69.2 Å². The molecular formula is C7H10N2O3. The van der Waals surface area contributed by atoms with Crippen molar-refractivity contribution >= 4 is 5.97 Å². The molecule has 0 aromatic carbocycles. The lowest BCUT2D eigenvalue weighted by molar-refractivity contribution is 0.0689. The van der Waals surface area contributed by atoms with Gasteiger partial charge in [-0.25, -0.2) is 9.78 Å². The van der Waals surface area contributed by atoms with Gasteiger partial charge in [-0.05, 0) is 13.8 Å². The van der Waals surface area contributed by atoms with E-state index < -0.39 is 5.97 Å². The quantitative estimate of drug-likeness (QED) is 0.681. The van der Waals surface area contributed by atoms with Crippen LogP contribution in [0.5, 0.6) is 0 Å². The highest BCUT2D eigenvalue weighted by molar-refractivity contribution is 5.86. The number of carboxylic acids is 1. The molecule has 0 saturated heterocycles. The first kappa shape index (κ1) is 8.73. The van der Waals surface area contributed by atoms with E-state index in [-0.39, 0.29) is 23.4 Å². The number of oxazole rings is 1. The van der Waals surface area contributed by atoms with Gasteiger partial charge in [0.05, 0.1) is 6.04 Å². The van der Waals surface area contributed by atoms with Gasteiger partial charge in [0.25, 0.3) is 0 Å². The predicted octanol–water partition coefficient (Wildman–Crippen LogP) is 0.701. The predicted molar refractivity (Wildman–Crippen MR) is 40.8 cm³/mol. The lowest BCUT2D eigenvalue weighted by atomic mass is 10.3. The second-order valence-electron chi connectivity index (χ2n) is 2.55. The van der Waals surface area contributed by atoms with Crippen LogP contribution in [0.15, 0.2) is 4.42 Å². The molecule has 0 bridgehead atoms. The fraction of sp³-hybridized carbons (Fsp3) is 0.429. The standard InChI is InChI=1S/C7H10N2O3/c1-3(8)6-9-5(7(10)11)4(2)12-6/h3H,8H2,1-2H3,(H,10,11)/t3-/m0/s1. The van der Waals surface area contributed by atoms with Gasteiger partial charge in [-0.15, -0.1) is 0 Å². The van der Waals surface area contributed by atoms with E-state index in [0.717, 1.165) is 0 Å². The molecular weight excluding hydrogens is 160 g/mol. The molecule has 5 nitrogen and oxygen atoms in total. The third kappa shape index (κ3) is 1.45. The second-order valence-corrected chi connectivity index (χ2v) is 2.55. The summed E-state index contributed by atoms with van der Waals surface area (Å²) in [7, 11) is 0. The molecule has 1 heterocycles. The number of aromatic nitrogens is 1. The lowest BCUT2D eigenvalue weighted by Crippen LogP contribution is -2.06. The summed E-state index contributed by atoms with van der Waals surface area (Å²) in [6.45, 7) is 3.22. The van der Waals surface area contributed by atoms with Gasteiger partial charge in [-0.3, -0.25) is 0 Å². The lowest BCUT2D eigenvalue weighted by Gasteiger charge is -1.94. The van der Waals surface area contributed by atoms with E-state index in [1.54, 1.807) is 13.8 Å². The fourth-order valence-electron chi connectivity index (χ4n) is 0.810. The molecule has 0 spiro atoms. The summed E-state index contributed by atoms with van der Waals surface area (Å²) < 4.78 is 5.02. The highest BCUT2D eigenvalue weighted by Gasteiger charge is 2.17. The summed E-state index contributed by atoms with van der Waals surface area (Å²) >= 11 is 0. The maximum absolute atomic E-state index is 10.5. The Balaban J connectivity index is 3.09. The average molecular weight is 170 g/mol. The maximum Gasteiger partial charge on any atom is 0.358 e. The molecule has 1 aromatic heterocycles. The van der Waals surface area contributed by atoms with Gasteiger partial charge in [0.2, 0.25) is 5.89 Å². The summed E-state index contributed by atoms with van der Waals surface area (Å²) in [4.78, 5) is 14.2. The van der Waals surface area contributed by atoms with Crippen LogP contribution in [0, 0.1) is 6.92 Å². The van der Waals surface area contributed by atoms with Gasteiger partial charge in [-0.2, -0.15) is 0 Å². The molecule has 1 aromatic rings. The van der Waals surface area contributed by atoms with Crippen LogP contribution in [0.1, 0.15) is 35.1 Å². The first-order valence-electron chi connectivity index (χ1n) is 3.48. The van der Waals surface area contributed by atoms with E-state index >= 15 is 0 Å². The number of carbonyl (C=O) groups is 1. The average Bonchev–Trinajstić information content (AvgIpc) is 2.30. The van der Waals surface area contributed by atoms with Crippen LogP contribution >= 0.6 is 0 Å². The number of hydrogen-bond acceptors (Lipinski definition) is 4. The number of aromatic carboxylic acids is 1. The van der Waals surface area contributed by atoms with Crippen molar-refractivity contribution in [1.82, 2.24) is 4.98 Å². The van der Waals surface area contributed by atoms with E-state index in [1.165, 1.54) is 0 Å². The first-order chi connectivity index (χ1) is 5.52. The van der Waals surface area contributed by atoms with Crippen molar-refractivity contribution in [2.24, 2.45) is 5.73 Å². The fourth-order valence-corrected chi connectivity index (χ4v) is 0.810. The van der Waals surface area contributed by atoms with Crippen molar-refractivity contribution in [1.29, 1.82) is 0 Å². The van der Waals surface area contributed by atoms with E-state index in [4.69, 9.17) is 15.3 Å². The number of hydrogen-bond donors (Lipinski definition) is 2. The molecule has 0 unspecified atom stereocenters. The smallest absolute Gasteiger partial charge is 0.358 e. The van der Waals surface area contributed by atoms with Crippen LogP contribution in [0.4, 0.5) is 0 Å². The molecule has 0 aliphatic heterocycles. The Morgan fingerprint density at radius 3 is 2.58 bits per heavy atom. The Kier molecular flexibility index (Phi) is 2.14. The van der Waals surface area contributed by atoms with E-state index in [1.807, 2.05) is 0 Å². The van der Waals surface area contributed by atoms with Gasteiger partial charge >= 0.3 is 5.97 Å². The number of carboxylic acid groups (broad SMARTS) is 1. The Bertz CT molecular complexity index is 304. The summed E-state index contributed by atoms with van der Waals surface area (Å²) in [5.41, 5.74) is 5.38. The number of aryl methyl sites for hydroxylation is 1. The molecule has 0 radical (unpaired) electrons. The van der Waals surface area contributed by atoms with Gasteiger partial charge in [0.15, 0.2) is 5.69 Å². The molecule has 0 saturated carbocycles. The summed E-state index contributed by atoms with van der Waals surface area (Å²) in [5.74, 6) is -0.553. The van der Waals surface area contributed by atoms with Gasteiger partial charge < -0.3 is 15.3 Å². The molecule has 1 rings (SSSR count). The normalized spacial score (nSPS) is 12.9. The third-order valence-electron chi connectivity index (χ3n) is 1.41. The van der Waals surface area contributed by atoms with Crippen molar-refractivity contribution in [2.75, 3.05) is 0 Å². The zero-order chi connectivity index (χ0) is 9.30. The molecule has 0 aliphatic rings. The topological polar surface area (TPSA) is 89.4 Å². The Morgan fingerprint density at radius 2 is 2.33 bits per heavy atom. The Morgan fingerprint density at radius 1 is 1.75 bits per heavy atom. The number of rotatable bonds is 2. The molecule has 5 heteroatoms. The minimum Gasteiger partial charge on any atom is -0.476 e.